The van der Waals surface area contributed by atoms with E-state index < -0.39 is 0 Å². The second kappa shape index (κ2) is 16.3. The van der Waals surface area contributed by atoms with Gasteiger partial charge in [-0.3, -0.25) is 0 Å². The standard InChI is InChI=1S/C66H42S/c1-2-25-59-57(23-1)58-24-3-4-26-60(58)64-42-54(35-36-61(59)64)52-20-8-14-46(38-52)44-33-31-43(32-34-44)45-13-7-15-47(37-45)48-16-9-17-49(39-48)50-18-10-19-51(40-50)53-21-11-22-55(41-53)56-28-12-29-63-62-27-5-6-30-65(62)67-66(56)63/h1-42H. The zero-order chi connectivity index (χ0) is 44.3. The van der Waals surface area contributed by atoms with Crippen molar-refractivity contribution in [1.82, 2.24) is 0 Å². The molecule has 0 nitrogen and oxygen atoms in total. The molecule has 0 bridgehead atoms. The molecule has 0 atom stereocenters. The van der Waals surface area contributed by atoms with Gasteiger partial charge in [-0.15, -0.1) is 11.3 Å². The van der Waals surface area contributed by atoms with Crippen LogP contribution in [0, 0.1) is 0 Å². The summed E-state index contributed by atoms with van der Waals surface area (Å²) < 4.78 is 2.67. The van der Waals surface area contributed by atoms with Gasteiger partial charge in [-0.2, -0.15) is 0 Å². The number of thiophene rings is 1. The largest absolute Gasteiger partial charge is 0.135 e. The summed E-state index contributed by atoms with van der Waals surface area (Å²) in [6.45, 7) is 0. The third-order valence-electron chi connectivity index (χ3n) is 13.7. The fraction of sp³-hybridized carbons (Fsp3) is 0. The predicted octanol–water partition coefficient (Wildman–Crippen LogP) is 19.2. The average Bonchev–Trinajstić information content (AvgIpc) is 3.80. The van der Waals surface area contributed by atoms with Gasteiger partial charge in [0, 0.05) is 20.2 Å². The Labute approximate surface area is 394 Å². The first-order valence-electron chi connectivity index (χ1n) is 23.1. The SMILES string of the molecule is c1cc(-c2ccc(-c3cccc(-c4ccc5c6ccccc6c6ccccc6c5c4)c3)cc2)cc(-c2cccc(-c3cccc(-c4cccc(-c5cccc6c5sc5ccccc56)c4)c3)c2)c1. The molecule has 0 aliphatic heterocycles. The highest BCUT2D eigenvalue weighted by atomic mass is 32.1. The van der Waals surface area contributed by atoms with E-state index >= 15 is 0 Å². The van der Waals surface area contributed by atoms with E-state index in [4.69, 9.17) is 0 Å². The van der Waals surface area contributed by atoms with E-state index in [9.17, 15) is 0 Å². The molecule has 13 aromatic rings. The fourth-order valence-corrected chi connectivity index (χ4v) is 11.5. The van der Waals surface area contributed by atoms with Crippen molar-refractivity contribution in [3.8, 4) is 77.9 Å². The van der Waals surface area contributed by atoms with Gasteiger partial charge in [0.1, 0.15) is 0 Å². The lowest BCUT2D eigenvalue weighted by Crippen LogP contribution is -1.86. The van der Waals surface area contributed by atoms with Crippen LogP contribution in [0.3, 0.4) is 0 Å². The van der Waals surface area contributed by atoms with Crippen molar-refractivity contribution in [3.63, 3.8) is 0 Å². The van der Waals surface area contributed by atoms with Crippen molar-refractivity contribution >= 4 is 63.8 Å². The van der Waals surface area contributed by atoms with Gasteiger partial charge < -0.3 is 0 Å². The van der Waals surface area contributed by atoms with E-state index in [1.54, 1.807) is 0 Å². The summed E-state index contributed by atoms with van der Waals surface area (Å²) >= 11 is 1.88. The Morgan fingerprint density at radius 1 is 0.179 bits per heavy atom. The van der Waals surface area contributed by atoms with Gasteiger partial charge in [0.2, 0.25) is 0 Å². The van der Waals surface area contributed by atoms with Crippen molar-refractivity contribution in [1.29, 1.82) is 0 Å². The molecule has 1 heterocycles. The molecule has 67 heavy (non-hydrogen) atoms. The molecule has 0 aliphatic rings. The Bertz CT molecular complexity index is 4000. The number of hydrogen-bond donors (Lipinski definition) is 0. The zero-order valence-electron chi connectivity index (χ0n) is 36.7. The van der Waals surface area contributed by atoms with Gasteiger partial charge >= 0.3 is 0 Å². The monoisotopic (exact) mass is 866 g/mol. The zero-order valence-corrected chi connectivity index (χ0v) is 37.5. The van der Waals surface area contributed by atoms with Crippen LogP contribution in [0.2, 0.25) is 0 Å². The van der Waals surface area contributed by atoms with Gasteiger partial charge in [0.15, 0.2) is 0 Å². The molecular formula is C66H42S. The Hall–Kier alpha value is -8.36. The summed E-state index contributed by atoms with van der Waals surface area (Å²) in [7, 11) is 0. The number of benzene rings is 12. The lowest BCUT2D eigenvalue weighted by Gasteiger charge is -2.13. The molecule has 0 saturated heterocycles. The van der Waals surface area contributed by atoms with Crippen LogP contribution < -0.4 is 0 Å². The molecule has 0 aliphatic carbocycles. The third kappa shape index (κ3) is 7.00. The Balaban J connectivity index is 0.765. The maximum absolute atomic E-state index is 2.38. The average molecular weight is 867 g/mol. The molecule has 13 rings (SSSR count). The molecule has 0 unspecified atom stereocenters. The summed E-state index contributed by atoms with van der Waals surface area (Å²) in [6, 6.07) is 93.8. The number of rotatable bonds is 7. The van der Waals surface area contributed by atoms with Crippen LogP contribution in [0.15, 0.2) is 255 Å². The molecule has 0 amide bonds. The molecule has 0 radical (unpaired) electrons. The minimum atomic E-state index is 1.20. The van der Waals surface area contributed by atoms with Crippen molar-refractivity contribution in [3.05, 3.63) is 255 Å². The van der Waals surface area contributed by atoms with Crippen LogP contribution >= 0.6 is 11.3 Å². The number of hydrogen-bond acceptors (Lipinski definition) is 1. The van der Waals surface area contributed by atoms with Gasteiger partial charge in [-0.05, 0) is 153 Å². The lowest BCUT2D eigenvalue weighted by molar-refractivity contribution is 1.56. The highest BCUT2D eigenvalue weighted by molar-refractivity contribution is 7.26. The maximum Gasteiger partial charge on any atom is 0.0433 e. The first kappa shape index (κ1) is 39.0. The molecule has 1 heteroatoms. The summed E-state index contributed by atoms with van der Waals surface area (Å²) in [5.41, 5.74) is 17.0. The Kier molecular flexibility index (Phi) is 9.48. The smallest absolute Gasteiger partial charge is 0.0433 e. The molecule has 0 fully saturated rings. The van der Waals surface area contributed by atoms with Gasteiger partial charge in [-0.25, -0.2) is 0 Å². The highest BCUT2D eigenvalue weighted by Gasteiger charge is 2.14. The van der Waals surface area contributed by atoms with Crippen LogP contribution in [0.5, 0.6) is 0 Å². The normalized spacial score (nSPS) is 11.6. The van der Waals surface area contributed by atoms with Crippen LogP contribution in [0.1, 0.15) is 0 Å². The molecule has 0 N–H and O–H groups in total. The van der Waals surface area contributed by atoms with Crippen molar-refractivity contribution in [2.45, 2.75) is 0 Å². The topological polar surface area (TPSA) is 0 Å². The van der Waals surface area contributed by atoms with Crippen LogP contribution in [-0.4, -0.2) is 0 Å². The molecule has 312 valence electrons. The van der Waals surface area contributed by atoms with Crippen LogP contribution in [0.25, 0.3) is 130 Å². The molecule has 0 spiro atoms. The maximum atomic E-state index is 2.38. The van der Waals surface area contributed by atoms with E-state index in [-0.39, 0.29) is 0 Å². The second-order valence-corrected chi connectivity index (χ2v) is 18.7. The quantitative estimate of drug-likeness (QED) is 0.140. The predicted molar refractivity (Wildman–Crippen MR) is 290 cm³/mol. The van der Waals surface area contributed by atoms with Gasteiger partial charge in [-0.1, -0.05) is 212 Å². The minimum absolute atomic E-state index is 1.20. The summed E-state index contributed by atoms with van der Waals surface area (Å²) in [5.74, 6) is 0. The van der Waals surface area contributed by atoms with Crippen LogP contribution in [-0.2, 0) is 0 Å². The fourth-order valence-electron chi connectivity index (χ4n) is 10.3. The van der Waals surface area contributed by atoms with E-state index in [0.29, 0.717) is 0 Å². The van der Waals surface area contributed by atoms with Crippen LogP contribution in [0.4, 0.5) is 0 Å². The number of fused-ring (bicyclic) bond motifs is 9. The molecule has 1 aromatic heterocycles. The third-order valence-corrected chi connectivity index (χ3v) is 14.9. The first-order chi connectivity index (χ1) is 33.2. The Morgan fingerprint density at radius 3 is 0.970 bits per heavy atom. The minimum Gasteiger partial charge on any atom is -0.135 e. The first-order valence-corrected chi connectivity index (χ1v) is 23.9. The van der Waals surface area contributed by atoms with E-state index in [2.05, 4.69) is 255 Å². The molecular weight excluding hydrogens is 825 g/mol. The second-order valence-electron chi connectivity index (χ2n) is 17.6. The van der Waals surface area contributed by atoms with E-state index in [1.165, 1.54) is 130 Å². The van der Waals surface area contributed by atoms with Gasteiger partial charge in [0.25, 0.3) is 0 Å². The summed E-state index contributed by atoms with van der Waals surface area (Å²) in [4.78, 5) is 0. The lowest BCUT2D eigenvalue weighted by atomic mass is 9.91. The van der Waals surface area contributed by atoms with Crippen molar-refractivity contribution in [2.75, 3.05) is 0 Å². The van der Waals surface area contributed by atoms with E-state index in [1.807, 2.05) is 11.3 Å². The summed E-state index contributed by atoms with van der Waals surface area (Å²) in [5, 5.41) is 10.4. The highest BCUT2D eigenvalue weighted by Crippen LogP contribution is 2.42. The molecule has 0 saturated carbocycles. The Morgan fingerprint density at radius 2 is 0.493 bits per heavy atom. The van der Waals surface area contributed by atoms with Gasteiger partial charge in [0.05, 0.1) is 0 Å². The molecule has 12 aromatic carbocycles. The van der Waals surface area contributed by atoms with Crippen molar-refractivity contribution < 1.29 is 0 Å². The van der Waals surface area contributed by atoms with E-state index in [0.717, 1.165) is 0 Å². The van der Waals surface area contributed by atoms with Crippen molar-refractivity contribution in [2.24, 2.45) is 0 Å². The summed E-state index contributed by atoms with van der Waals surface area (Å²) in [6.07, 6.45) is 0.